The van der Waals surface area contributed by atoms with Crippen molar-refractivity contribution in [1.29, 1.82) is 0 Å². The summed E-state index contributed by atoms with van der Waals surface area (Å²) in [5, 5.41) is 9.80. The van der Waals surface area contributed by atoms with Crippen molar-refractivity contribution in [2.45, 2.75) is 25.7 Å². The first-order valence-electron chi connectivity index (χ1n) is 4.97. The second kappa shape index (κ2) is 5.26. The molecule has 0 saturated carbocycles. The molecule has 0 heterocycles. The SMILES string of the molecule is COC(C)(C)OC[C@@H](O)c1ccccc1. The molecule has 0 aliphatic carbocycles. The molecular formula is C12H18O3. The highest BCUT2D eigenvalue weighted by Crippen LogP contribution is 2.16. The van der Waals surface area contributed by atoms with E-state index in [4.69, 9.17) is 9.47 Å². The number of aliphatic hydroxyl groups excluding tert-OH is 1. The first-order valence-corrected chi connectivity index (χ1v) is 4.97. The number of rotatable bonds is 5. The standard InChI is InChI=1S/C12H18O3/c1-12(2,14-3)15-9-11(13)10-7-5-4-6-8-10/h4-8,11,13H,9H2,1-3H3/t11-/m1/s1. The van der Waals surface area contributed by atoms with Crippen LogP contribution in [0.15, 0.2) is 30.3 Å². The van der Waals surface area contributed by atoms with Crippen LogP contribution in [0, 0.1) is 0 Å². The van der Waals surface area contributed by atoms with Gasteiger partial charge in [0.05, 0.1) is 6.61 Å². The first-order chi connectivity index (χ1) is 7.05. The zero-order valence-corrected chi connectivity index (χ0v) is 9.43. The molecule has 0 bridgehead atoms. The highest BCUT2D eigenvalue weighted by molar-refractivity contribution is 5.17. The average molecular weight is 210 g/mol. The minimum Gasteiger partial charge on any atom is -0.386 e. The van der Waals surface area contributed by atoms with Gasteiger partial charge >= 0.3 is 0 Å². The van der Waals surface area contributed by atoms with Crippen LogP contribution in [0.1, 0.15) is 25.5 Å². The Bertz CT molecular complexity index is 282. The molecule has 0 aliphatic rings. The van der Waals surface area contributed by atoms with Gasteiger partial charge in [-0.2, -0.15) is 0 Å². The molecule has 0 amide bonds. The largest absolute Gasteiger partial charge is 0.386 e. The minimum absolute atomic E-state index is 0.227. The third-order valence-corrected chi connectivity index (χ3v) is 2.26. The quantitative estimate of drug-likeness (QED) is 0.756. The number of benzene rings is 1. The third-order valence-electron chi connectivity index (χ3n) is 2.26. The van der Waals surface area contributed by atoms with Gasteiger partial charge in [-0.3, -0.25) is 0 Å². The summed E-state index contributed by atoms with van der Waals surface area (Å²) in [6.45, 7) is 3.85. The topological polar surface area (TPSA) is 38.7 Å². The monoisotopic (exact) mass is 210 g/mol. The Morgan fingerprint density at radius 2 is 1.87 bits per heavy atom. The fraction of sp³-hybridized carbons (Fsp3) is 0.500. The van der Waals surface area contributed by atoms with Crippen LogP contribution in [0.3, 0.4) is 0 Å². The molecular weight excluding hydrogens is 192 g/mol. The van der Waals surface area contributed by atoms with Crippen molar-refractivity contribution in [3.63, 3.8) is 0 Å². The van der Waals surface area contributed by atoms with Gasteiger partial charge in [0.1, 0.15) is 6.10 Å². The van der Waals surface area contributed by atoms with Crippen molar-refractivity contribution in [2.24, 2.45) is 0 Å². The molecule has 0 spiro atoms. The molecule has 15 heavy (non-hydrogen) atoms. The highest BCUT2D eigenvalue weighted by atomic mass is 16.7. The van der Waals surface area contributed by atoms with Gasteiger partial charge in [-0.15, -0.1) is 0 Å². The van der Waals surface area contributed by atoms with Gasteiger partial charge in [-0.1, -0.05) is 30.3 Å². The van der Waals surface area contributed by atoms with E-state index in [0.717, 1.165) is 5.56 Å². The number of aliphatic hydroxyl groups is 1. The third kappa shape index (κ3) is 4.00. The van der Waals surface area contributed by atoms with Crippen LogP contribution in [0.4, 0.5) is 0 Å². The second-order valence-corrected chi connectivity index (χ2v) is 3.84. The lowest BCUT2D eigenvalue weighted by atomic mass is 10.1. The van der Waals surface area contributed by atoms with Gasteiger partial charge in [0.25, 0.3) is 0 Å². The Morgan fingerprint density at radius 1 is 1.27 bits per heavy atom. The Balaban J connectivity index is 2.47. The van der Waals surface area contributed by atoms with E-state index < -0.39 is 11.9 Å². The van der Waals surface area contributed by atoms with E-state index in [1.807, 2.05) is 44.2 Å². The van der Waals surface area contributed by atoms with E-state index in [9.17, 15) is 5.11 Å². The van der Waals surface area contributed by atoms with Crippen LogP contribution in [-0.2, 0) is 9.47 Å². The van der Waals surface area contributed by atoms with Gasteiger partial charge < -0.3 is 14.6 Å². The maximum atomic E-state index is 9.80. The van der Waals surface area contributed by atoms with Crippen molar-refractivity contribution in [3.8, 4) is 0 Å². The number of methoxy groups -OCH3 is 1. The minimum atomic E-state index is -0.657. The average Bonchev–Trinajstić information content (AvgIpc) is 2.27. The van der Waals surface area contributed by atoms with Crippen LogP contribution < -0.4 is 0 Å². The maximum absolute atomic E-state index is 9.80. The van der Waals surface area contributed by atoms with Crippen molar-refractivity contribution in [1.82, 2.24) is 0 Å². The van der Waals surface area contributed by atoms with Crippen LogP contribution >= 0.6 is 0 Å². The Morgan fingerprint density at radius 3 is 2.40 bits per heavy atom. The smallest absolute Gasteiger partial charge is 0.162 e. The number of hydrogen-bond donors (Lipinski definition) is 1. The zero-order chi connectivity index (χ0) is 11.3. The lowest BCUT2D eigenvalue weighted by Crippen LogP contribution is -2.28. The predicted molar refractivity (Wildman–Crippen MR) is 58.4 cm³/mol. The van der Waals surface area contributed by atoms with E-state index in [1.54, 1.807) is 7.11 Å². The molecule has 0 fully saturated rings. The number of hydrogen-bond acceptors (Lipinski definition) is 3. The molecule has 0 unspecified atom stereocenters. The summed E-state index contributed by atoms with van der Waals surface area (Å²) in [6, 6.07) is 9.43. The van der Waals surface area contributed by atoms with Crippen molar-refractivity contribution in [2.75, 3.05) is 13.7 Å². The van der Waals surface area contributed by atoms with E-state index in [1.165, 1.54) is 0 Å². The molecule has 84 valence electrons. The summed E-state index contributed by atoms with van der Waals surface area (Å²) in [4.78, 5) is 0. The first kappa shape index (κ1) is 12.2. The fourth-order valence-corrected chi connectivity index (χ4v) is 1.11. The van der Waals surface area contributed by atoms with Gasteiger partial charge in [-0.05, 0) is 19.4 Å². The van der Waals surface area contributed by atoms with Crippen LogP contribution in [-0.4, -0.2) is 24.6 Å². The Hall–Kier alpha value is -0.900. The molecule has 3 heteroatoms. The molecule has 0 aliphatic heterocycles. The van der Waals surface area contributed by atoms with Gasteiger partial charge in [0, 0.05) is 7.11 Å². The molecule has 1 N–H and O–H groups in total. The molecule has 1 aromatic carbocycles. The van der Waals surface area contributed by atoms with Crippen LogP contribution in [0.2, 0.25) is 0 Å². The van der Waals surface area contributed by atoms with Crippen molar-refractivity contribution < 1.29 is 14.6 Å². The van der Waals surface area contributed by atoms with Gasteiger partial charge in [-0.25, -0.2) is 0 Å². The maximum Gasteiger partial charge on any atom is 0.162 e. The summed E-state index contributed by atoms with van der Waals surface area (Å²) < 4.78 is 10.5. The summed E-state index contributed by atoms with van der Waals surface area (Å²) >= 11 is 0. The molecule has 1 rings (SSSR count). The lowest BCUT2D eigenvalue weighted by molar-refractivity contribution is -0.209. The Kier molecular flexibility index (Phi) is 4.27. The summed E-state index contributed by atoms with van der Waals surface area (Å²) in [6.07, 6.45) is -0.611. The Labute approximate surface area is 90.6 Å². The van der Waals surface area contributed by atoms with Crippen molar-refractivity contribution in [3.05, 3.63) is 35.9 Å². The van der Waals surface area contributed by atoms with E-state index in [0.29, 0.717) is 0 Å². The summed E-state index contributed by atoms with van der Waals surface area (Å²) in [5.41, 5.74) is 0.851. The van der Waals surface area contributed by atoms with Gasteiger partial charge in [0.15, 0.2) is 5.79 Å². The highest BCUT2D eigenvalue weighted by Gasteiger charge is 2.19. The second-order valence-electron chi connectivity index (χ2n) is 3.84. The lowest BCUT2D eigenvalue weighted by Gasteiger charge is -2.25. The van der Waals surface area contributed by atoms with Crippen LogP contribution in [0.5, 0.6) is 0 Å². The molecule has 0 saturated heterocycles. The van der Waals surface area contributed by atoms with E-state index in [2.05, 4.69) is 0 Å². The molecule has 0 aromatic heterocycles. The number of ether oxygens (including phenoxy) is 2. The zero-order valence-electron chi connectivity index (χ0n) is 9.43. The summed E-state index contributed by atoms with van der Waals surface area (Å²) in [5.74, 6) is -0.657. The molecule has 1 aromatic rings. The van der Waals surface area contributed by atoms with E-state index in [-0.39, 0.29) is 6.61 Å². The molecule has 1 atom stereocenters. The van der Waals surface area contributed by atoms with Crippen LogP contribution in [0.25, 0.3) is 0 Å². The normalized spacial score (nSPS) is 13.9. The molecule has 0 radical (unpaired) electrons. The van der Waals surface area contributed by atoms with E-state index >= 15 is 0 Å². The summed E-state index contributed by atoms with van der Waals surface area (Å²) in [7, 11) is 1.58. The van der Waals surface area contributed by atoms with Gasteiger partial charge in [0.2, 0.25) is 0 Å². The van der Waals surface area contributed by atoms with Crippen molar-refractivity contribution >= 4 is 0 Å². The predicted octanol–water partition coefficient (Wildman–Crippen LogP) is 2.12. The fourth-order valence-electron chi connectivity index (χ4n) is 1.11. The molecule has 3 nitrogen and oxygen atoms in total.